The van der Waals surface area contributed by atoms with Gasteiger partial charge in [-0.1, -0.05) is 24.2 Å². The number of aliphatic imine (C=N–C) groups is 1. The Bertz CT molecular complexity index is 510. The number of aromatic nitrogens is 1. The molecule has 0 unspecified atom stereocenters. The molecule has 1 atom stereocenters. The van der Waals surface area contributed by atoms with Crippen LogP contribution in [0.25, 0.3) is 0 Å². The number of hydrogen-bond donors (Lipinski definition) is 0. The molecule has 0 saturated carbocycles. The molecule has 0 aromatic carbocycles. The molecule has 0 amide bonds. The maximum absolute atomic E-state index is 5.93. The Balaban J connectivity index is 2.17. The maximum Gasteiger partial charge on any atom is 0.129 e. The average Bonchev–Trinajstić information content (AvgIpc) is 2.42. The van der Waals surface area contributed by atoms with Crippen molar-refractivity contribution in [3.05, 3.63) is 40.8 Å². The third-order valence-electron chi connectivity index (χ3n) is 3.05. The van der Waals surface area contributed by atoms with E-state index in [1.54, 1.807) is 6.07 Å². The van der Waals surface area contributed by atoms with E-state index < -0.39 is 0 Å². The molecule has 2 heterocycles. The van der Waals surface area contributed by atoms with Gasteiger partial charge in [0.25, 0.3) is 0 Å². The Morgan fingerprint density at radius 1 is 1.53 bits per heavy atom. The van der Waals surface area contributed by atoms with Crippen molar-refractivity contribution in [1.82, 2.24) is 4.98 Å². The molecule has 0 bridgehead atoms. The van der Waals surface area contributed by atoms with Crippen LogP contribution < -0.4 is 0 Å². The van der Waals surface area contributed by atoms with Crippen molar-refractivity contribution in [1.29, 1.82) is 0 Å². The SMILES string of the molecule is C=C(N=C(I)c1nc(Cl)ccc1C)[C@@H]1CCCCO1. The van der Waals surface area contributed by atoms with Crippen LogP contribution in [0.2, 0.25) is 5.15 Å². The summed E-state index contributed by atoms with van der Waals surface area (Å²) in [6.07, 6.45) is 3.33. The Hall–Kier alpha value is -0.460. The van der Waals surface area contributed by atoms with Gasteiger partial charge in [0.15, 0.2) is 0 Å². The summed E-state index contributed by atoms with van der Waals surface area (Å²) in [6, 6.07) is 3.72. The Kier molecular flexibility index (Phi) is 5.36. The van der Waals surface area contributed by atoms with Crippen LogP contribution in [0.1, 0.15) is 30.5 Å². The van der Waals surface area contributed by atoms with E-state index in [2.05, 4.69) is 39.1 Å². The van der Waals surface area contributed by atoms with Gasteiger partial charge in [-0.3, -0.25) is 0 Å². The van der Waals surface area contributed by atoms with Crippen LogP contribution >= 0.6 is 34.2 Å². The van der Waals surface area contributed by atoms with E-state index in [1.807, 2.05) is 13.0 Å². The van der Waals surface area contributed by atoms with Crippen molar-refractivity contribution in [3.8, 4) is 0 Å². The molecule has 1 fully saturated rings. The van der Waals surface area contributed by atoms with Gasteiger partial charge in [-0.05, 0) is 60.4 Å². The molecule has 1 aromatic rings. The highest BCUT2D eigenvalue weighted by molar-refractivity contribution is 14.1. The highest BCUT2D eigenvalue weighted by Gasteiger charge is 2.17. The minimum atomic E-state index is 0.0398. The summed E-state index contributed by atoms with van der Waals surface area (Å²) in [5.41, 5.74) is 2.63. The van der Waals surface area contributed by atoms with Gasteiger partial charge >= 0.3 is 0 Å². The molecule has 0 radical (unpaired) electrons. The minimum absolute atomic E-state index is 0.0398. The van der Waals surface area contributed by atoms with Crippen molar-refractivity contribution >= 4 is 37.9 Å². The second-order valence-electron chi connectivity index (χ2n) is 4.55. The number of hydrogen-bond acceptors (Lipinski definition) is 3. The van der Waals surface area contributed by atoms with Crippen LogP contribution in [0.3, 0.4) is 0 Å². The van der Waals surface area contributed by atoms with E-state index in [9.17, 15) is 0 Å². The summed E-state index contributed by atoms with van der Waals surface area (Å²) in [7, 11) is 0. The molecule has 102 valence electrons. The summed E-state index contributed by atoms with van der Waals surface area (Å²) >= 11 is 8.10. The number of aryl methyl sites for hydroxylation is 1. The molecular weight excluding hydrogens is 375 g/mol. The van der Waals surface area contributed by atoms with E-state index >= 15 is 0 Å². The van der Waals surface area contributed by atoms with Crippen LogP contribution in [0.15, 0.2) is 29.4 Å². The number of ether oxygens (including phenoxy) is 1. The standard InChI is InChI=1S/C14H16ClIN2O/c1-9-6-7-12(15)18-13(9)14(16)17-10(2)11-5-3-4-8-19-11/h6-7,11H,2-5,8H2,1H3/t11-/m0/s1. The molecule has 1 aromatic heterocycles. The predicted octanol–water partition coefficient (Wildman–Crippen LogP) is 4.31. The van der Waals surface area contributed by atoms with Crippen LogP contribution in [-0.2, 0) is 4.74 Å². The first-order valence-electron chi connectivity index (χ1n) is 6.26. The fourth-order valence-electron chi connectivity index (χ4n) is 1.97. The van der Waals surface area contributed by atoms with Gasteiger partial charge < -0.3 is 4.74 Å². The van der Waals surface area contributed by atoms with Gasteiger partial charge in [0.2, 0.25) is 0 Å². The fraction of sp³-hybridized carbons (Fsp3) is 0.429. The van der Waals surface area contributed by atoms with Gasteiger partial charge in [-0.25, -0.2) is 9.98 Å². The second kappa shape index (κ2) is 6.81. The van der Waals surface area contributed by atoms with Crippen molar-refractivity contribution in [2.45, 2.75) is 32.3 Å². The second-order valence-corrected chi connectivity index (χ2v) is 5.96. The maximum atomic E-state index is 5.93. The molecule has 0 aliphatic carbocycles. The molecular formula is C14H16ClIN2O. The van der Waals surface area contributed by atoms with E-state index in [0.29, 0.717) is 5.15 Å². The lowest BCUT2D eigenvalue weighted by Crippen LogP contribution is -2.20. The lowest BCUT2D eigenvalue weighted by molar-refractivity contribution is 0.0390. The molecule has 19 heavy (non-hydrogen) atoms. The largest absolute Gasteiger partial charge is 0.372 e. The third kappa shape index (κ3) is 4.00. The summed E-state index contributed by atoms with van der Waals surface area (Å²) in [4.78, 5) is 8.85. The van der Waals surface area contributed by atoms with Crippen molar-refractivity contribution in [2.24, 2.45) is 4.99 Å². The number of rotatable bonds is 3. The Morgan fingerprint density at radius 2 is 2.32 bits per heavy atom. The summed E-state index contributed by atoms with van der Waals surface area (Å²) < 4.78 is 6.48. The van der Waals surface area contributed by atoms with Gasteiger partial charge in [-0.2, -0.15) is 0 Å². The first-order chi connectivity index (χ1) is 9.08. The first-order valence-corrected chi connectivity index (χ1v) is 7.71. The lowest BCUT2D eigenvalue weighted by Gasteiger charge is -2.22. The smallest absolute Gasteiger partial charge is 0.129 e. The number of nitrogens with zero attached hydrogens (tertiary/aromatic N) is 2. The van der Waals surface area contributed by atoms with Gasteiger partial charge in [0.1, 0.15) is 8.87 Å². The molecule has 2 rings (SSSR count). The minimum Gasteiger partial charge on any atom is -0.372 e. The molecule has 1 aliphatic heterocycles. The fourth-order valence-corrected chi connectivity index (χ4v) is 2.97. The summed E-state index contributed by atoms with van der Waals surface area (Å²) in [5, 5.41) is 0.476. The average molecular weight is 391 g/mol. The number of halogens is 2. The molecule has 1 saturated heterocycles. The van der Waals surface area contributed by atoms with Crippen LogP contribution in [0.4, 0.5) is 0 Å². The summed E-state index contributed by atoms with van der Waals surface area (Å²) in [6.45, 7) is 6.81. The van der Waals surface area contributed by atoms with E-state index in [4.69, 9.17) is 16.3 Å². The molecule has 3 nitrogen and oxygen atoms in total. The summed E-state index contributed by atoms with van der Waals surface area (Å²) in [5.74, 6) is 0. The molecule has 0 N–H and O–H groups in total. The van der Waals surface area contributed by atoms with E-state index in [1.165, 1.54) is 6.42 Å². The normalized spacial score (nSPS) is 20.4. The van der Waals surface area contributed by atoms with Gasteiger partial charge in [-0.15, -0.1) is 0 Å². The third-order valence-corrected chi connectivity index (χ3v) is 4.01. The first kappa shape index (κ1) is 14.9. The van der Waals surface area contributed by atoms with Gasteiger partial charge in [0, 0.05) is 6.61 Å². The zero-order valence-electron chi connectivity index (χ0n) is 10.8. The highest BCUT2D eigenvalue weighted by Crippen LogP contribution is 2.22. The Morgan fingerprint density at radius 3 is 3.00 bits per heavy atom. The zero-order chi connectivity index (χ0) is 13.8. The quantitative estimate of drug-likeness (QED) is 0.438. The van der Waals surface area contributed by atoms with Crippen LogP contribution in [0, 0.1) is 6.92 Å². The van der Waals surface area contributed by atoms with Crippen molar-refractivity contribution < 1.29 is 4.74 Å². The van der Waals surface area contributed by atoms with Crippen molar-refractivity contribution in [2.75, 3.05) is 6.61 Å². The Labute approximate surface area is 132 Å². The molecule has 5 heteroatoms. The van der Waals surface area contributed by atoms with Crippen molar-refractivity contribution in [3.63, 3.8) is 0 Å². The number of pyridine rings is 1. The van der Waals surface area contributed by atoms with Gasteiger partial charge in [0.05, 0.1) is 17.5 Å². The molecule has 0 spiro atoms. The topological polar surface area (TPSA) is 34.5 Å². The van der Waals surface area contributed by atoms with Crippen LogP contribution in [0.5, 0.6) is 0 Å². The molecule has 1 aliphatic rings. The zero-order valence-corrected chi connectivity index (χ0v) is 13.7. The lowest BCUT2D eigenvalue weighted by atomic mass is 10.1. The monoisotopic (exact) mass is 390 g/mol. The predicted molar refractivity (Wildman–Crippen MR) is 87.3 cm³/mol. The van der Waals surface area contributed by atoms with Crippen LogP contribution in [-0.4, -0.2) is 21.4 Å². The van der Waals surface area contributed by atoms with E-state index in [0.717, 1.165) is 40.1 Å². The highest BCUT2D eigenvalue weighted by atomic mass is 127. The van der Waals surface area contributed by atoms with E-state index in [-0.39, 0.29) is 6.10 Å².